The molecule has 98 valence electrons. The van der Waals surface area contributed by atoms with Crippen LogP contribution in [0.5, 0.6) is 0 Å². The molecule has 0 atom stereocenters. The fraction of sp³-hybridized carbons (Fsp3) is 0.308. The Morgan fingerprint density at radius 2 is 2.21 bits per heavy atom. The van der Waals surface area contributed by atoms with E-state index < -0.39 is 5.97 Å². The van der Waals surface area contributed by atoms with Crippen LogP contribution >= 0.6 is 0 Å². The highest BCUT2D eigenvalue weighted by Gasteiger charge is 2.17. The van der Waals surface area contributed by atoms with Crippen LogP contribution in [-0.4, -0.2) is 37.1 Å². The quantitative estimate of drug-likeness (QED) is 0.889. The molecule has 0 radical (unpaired) electrons. The first kappa shape index (κ1) is 11.9. The Morgan fingerprint density at radius 3 is 3.05 bits per heavy atom. The highest BCUT2D eigenvalue weighted by molar-refractivity contribution is 5.87. The van der Waals surface area contributed by atoms with E-state index in [0.717, 1.165) is 31.2 Å². The van der Waals surface area contributed by atoms with Gasteiger partial charge in [-0.05, 0) is 12.1 Å². The van der Waals surface area contributed by atoms with Gasteiger partial charge in [0, 0.05) is 38.2 Å². The molecule has 0 amide bonds. The zero-order valence-electron chi connectivity index (χ0n) is 10.4. The number of nitrogens with zero attached hydrogens (tertiary/aromatic N) is 4. The van der Waals surface area contributed by atoms with Crippen molar-refractivity contribution in [1.82, 2.24) is 19.4 Å². The molecule has 1 aliphatic rings. The number of fused-ring (bicyclic) bond motifs is 1. The van der Waals surface area contributed by atoms with Crippen LogP contribution in [0.3, 0.4) is 0 Å². The Kier molecular flexibility index (Phi) is 3.00. The second-order valence-electron chi connectivity index (χ2n) is 4.59. The van der Waals surface area contributed by atoms with Crippen LogP contribution in [0, 0.1) is 0 Å². The number of hydrogen-bond donors (Lipinski definition) is 1. The van der Waals surface area contributed by atoms with Gasteiger partial charge in [-0.3, -0.25) is 9.88 Å². The third-order valence-corrected chi connectivity index (χ3v) is 3.27. The van der Waals surface area contributed by atoms with Crippen molar-refractivity contribution in [3.63, 3.8) is 0 Å². The summed E-state index contributed by atoms with van der Waals surface area (Å²) in [5.74, 6) is 0.124. The molecule has 1 N–H and O–H groups in total. The monoisotopic (exact) mass is 258 g/mol. The minimum atomic E-state index is -0.919. The molecular formula is C13H14N4O2. The summed E-state index contributed by atoms with van der Waals surface area (Å²) in [6, 6.07) is 3.14. The predicted molar refractivity (Wildman–Crippen MR) is 67.5 cm³/mol. The Morgan fingerprint density at radius 1 is 1.32 bits per heavy atom. The van der Waals surface area contributed by atoms with E-state index in [1.165, 1.54) is 6.07 Å². The lowest BCUT2D eigenvalue weighted by atomic mass is 10.2. The molecule has 6 nitrogen and oxygen atoms in total. The van der Waals surface area contributed by atoms with Gasteiger partial charge in [0.25, 0.3) is 0 Å². The summed E-state index contributed by atoms with van der Waals surface area (Å²) in [5.41, 5.74) is 1.06. The lowest BCUT2D eigenvalue weighted by molar-refractivity contribution is 0.0696. The van der Waals surface area contributed by atoms with Crippen LogP contribution in [0.2, 0.25) is 0 Å². The Labute approximate surface area is 110 Å². The smallest absolute Gasteiger partial charge is 0.335 e. The number of hydrogen-bond acceptors (Lipinski definition) is 4. The topological polar surface area (TPSA) is 71.2 Å². The first-order valence-electron chi connectivity index (χ1n) is 6.13. The summed E-state index contributed by atoms with van der Waals surface area (Å²) in [6.45, 7) is 3.25. The lowest BCUT2D eigenvalue weighted by Crippen LogP contribution is -2.33. The number of carboxylic acid groups (broad SMARTS) is 1. The van der Waals surface area contributed by atoms with Gasteiger partial charge in [-0.15, -0.1) is 0 Å². The van der Waals surface area contributed by atoms with E-state index >= 15 is 0 Å². The summed E-state index contributed by atoms with van der Waals surface area (Å²) in [6.07, 6.45) is 5.34. The number of carboxylic acids is 1. The summed E-state index contributed by atoms with van der Waals surface area (Å²) >= 11 is 0. The van der Waals surface area contributed by atoms with E-state index in [4.69, 9.17) is 5.11 Å². The molecule has 3 rings (SSSR count). The highest BCUT2D eigenvalue weighted by atomic mass is 16.4. The van der Waals surface area contributed by atoms with Crippen LogP contribution < -0.4 is 0 Å². The van der Waals surface area contributed by atoms with Crippen molar-refractivity contribution >= 4 is 5.97 Å². The van der Waals surface area contributed by atoms with Gasteiger partial charge in [-0.25, -0.2) is 9.78 Å². The number of carbonyl (C=O) groups is 1. The molecule has 2 aromatic rings. The molecule has 6 heteroatoms. The first-order valence-corrected chi connectivity index (χ1v) is 6.13. The third-order valence-electron chi connectivity index (χ3n) is 3.27. The second kappa shape index (κ2) is 4.81. The van der Waals surface area contributed by atoms with Gasteiger partial charge in [0.2, 0.25) is 0 Å². The third kappa shape index (κ3) is 2.48. The molecule has 0 fully saturated rings. The summed E-state index contributed by atoms with van der Waals surface area (Å²) in [4.78, 5) is 21.7. The molecule has 0 aromatic carbocycles. The van der Waals surface area contributed by atoms with Crippen LogP contribution in [0.25, 0.3) is 0 Å². The molecule has 19 heavy (non-hydrogen) atoms. The van der Waals surface area contributed by atoms with Crippen molar-refractivity contribution in [2.75, 3.05) is 6.54 Å². The molecule has 0 spiro atoms. The number of rotatable bonds is 3. The van der Waals surface area contributed by atoms with Crippen LogP contribution in [-0.2, 0) is 19.6 Å². The molecule has 3 heterocycles. The fourth-order valence-electron chi connectivity index (χ4n) is 2.29. The number of aromatic carboxylic acids is 1. The molecule has 0 bridgehead atoms. The number of imidazole rings is 1. The van der Waals surface area contributed by atoms with E-state index in [-0.39, 0.29) is 5.56 Å². The zero-order chi connectivity index (χ0) is 13.2. The largest absolute Gasteiger partial charge is 0.478 e. The second-order valence-corrected chi connectivity index (χ2v) is 4.59. The standard InChI is InChI=1S/C13H14N4O2/c18-13(19)10-1-2-14-11(7-10)8-16-5-6-17-4-3-15-12(17)9-16/h1-4,7H,5-6,8-9H2,(H,18,19). The van der Waals surface area contributed by atoms with Crippen molar-refractivity contribution in [3.05, 3.63) is 47.8 Å². The van der Waals surface area contributed by atoms with Gasteiger partial charge in [0.15, 0.2) is 0 Å². The minimum Gasteiger partial charge on any atom is -0.478 e. The summed E-state index contributed by atoms with van der Waals surface area (Å²) in [7, 11) is 0. The van der Waals surface area contributed by atoms with Crippen LogP contribution in [0.15, 0.2) is 30.7 Å². The number of aromatic nitrogens is 3. The molecule has 1 aliphatic heterocycles. The lowest BCUT2D eigenvalue weighted by Gasteiger charge is -2.27. The van der Waals surface area contributed by atoms with Gasteiger partial charge < -0.3 is 9.67 Å². The molecule has 0 aliphatic carbocycles. The maximum absolute atomic E-state index is 10.9. The van der Waals surface area contributed by atoms with Crippen molar-refractivity contribution in [2.24, 2.45) is 0 Å². The molecule has 0 saturated heterocycles. The molecular weight excluding hydrogens is 244 g/mol. The first-order chi connectivity index (χ1) is 9.22. The van der Waals surface area contributed by atoms with Gasteiger partial charge in [0.1, 0.15) is 5.82 Å². The minimum absolute atomic E-state index is 0.281. The van der Waals surface area contributed by atoms with Gasteiger partial charge in [-0.2, -0.15) is 0 Å². The Hall–Kier alpha value is -2.21. The van der Waals surface area contributed by atoms with E-state index in [2.05, 4.69) is 19.4 Å². The van der Waals surface area contributed by atoms with Crippen LogP contribution in [0.1, 0.15) is 21.9 Å². The molecule has 0 unspecified atom stereocenters. The van der Waals surface area contributed by atoms with E-state index in [1.807, 2.05) is 12.4 Å². The van der Waals surface area contributed by atoms with Gasteiger partial charge >= 0.3 is 5.97 Å². The van der Waals surface area contributed by atoms with Gasteiger partial charge in [-0.1, -0.05) is 0 Å². The van der Waals surface area contributed by atoms with Crippen LogP contribution in [0.4, 0.5) is 0 Å². The normalized spacial score (nSPS) is 15.2. The average Bonchev–Trinajstić information content (AvgIpc) is 2.86. The molecule has 0 saturated carbocycles. The van der Waals surface area contributed by atoms with Gasteiger partial charge in [0.05, 0.1) is 17.8 Å². The summed E-state index contributed by atoms with van der Waals surface area (Å²) in [5, 5.41) is 8.96. The predicted octanol–water partition coefficient (Wildman–Crippen LogP) is 0.992. The Bertz CT molecular complexity index is 608. The Balaban J connectivity index is 1.72. The van der Waals surface area contributed by atoms with E-state index in [9.17, 15) is 4.79 Å². The van der Waals surface area contributed by atoms with E-state index in [1.54, 1.807) is 12.3 Å². The summed E-state index contributed by atoms with van der Waals surface area (Å²) < 4.78 is 2.14. The van der Waals surface area contributed by atoms with Crippen molar-refractivity contribution < 1.29 is 9.90 Å². The SMILES string of the molecule is O=C(O)c1ccnc(CN2CCn3ccnc3C2)c1. The average molecular weight is 258 g/mol. The van der Waals surface area contributed by atoms with Crippen molar-refractivity contribution in [3.8, 4) is 0 Å². The van der Waals surface area contributed by atoms with Crippen molar-refractivity contribution in [1.29, 1.82) is 0 Å². The maximum atomic E-state index is 10.9. The maximum Gasteiger partial charge on any atom is 0.335 e. The highest BCUT2D eigenvalue weighted by Crippen LogP contribution is 2.13. The zero-order valence-corrected chi connectivity index (χ0v) is 10.4. The number of pyridine rings is 1. The van der Waals surface area contributed by atoms with Crippen molar-refractivity contribution in [2.45, 2.75) is 19.6 Å². The fourth-order valence-corrected chi connectivity index (χ4v) is 2.29. The van der Waals surface area contributed by atoms with E-state index in [0.29, 0.717) is 6.54 Å². The molecule has 2 aromatic heterocycles.